The van der Waals surface area contributed by atoms with Gasteiger partial charge in [0.05, 0.1) is 6.61 Å². The van der Waals surface area contributed by atoms with Gasteiger partial charge in [-0.3, -0.25) is 4.79 Å². The Balaban J connectivity index is 1.63. The predicted molar refractivity (Wildman–Crippen MR) is 59.4 cm³/mol. The van der Waals surface area contributed by atoms with Crippen LogP contribution in [0.1, 0.15) is 19.3 Å². The third-order valence-corrected chi connectivity index (χ3v) is 2.68. The van der Waals surface area contributed by atoms with E-state index in [0.29, 0.717) is 26.0 Å². The minimum atomic E-state index is -0.435. The van der Waals surface area contributed by atoms with Crippen molar-refractivity contribution in [2.45, 2.75) is 19.3 Å². The molecule has 0 aromatic carbocycles. The Kier molecular flexibility index (Phi) is 3.74. The maximum Gasteiger partial charge on any atom is 0.419 e. The summed E-state index contributed by atoms with van der Waals surface area (Å²) in [5.74, 6) is 0.200. The van der Waals surface area contributed by atoms with E-state index in [1.807, 2.05) is 4.90 Å². The molecule has 1 saturated heterocycles. The van der Waals surface area contributed by atoms with Gasteiger partial charge in [-0.05, 0) is 12.8 Å². The lowest BCUT2D eigenvalue weighted by Crippen LogP contribution is -2.26. The molecule has 0 N–H and O–H groups in total. The molecule has 1 aliphatic heterocycles. The molecule has 92 valence electrons. The van der Waals surface area contributed by atoms with Crippen LogP contribution in [-0.2, 0) is 9.53 Å². The summed E-state index contributed by atoms with van der Waals surface area (Å²) < 4.78 is 6.31. The number of carbonyl (C=O) groups excluding carboxylic acids is 2. The van der Waals surface area contributed by atoms with E-state index in [-0.39, 0.29) is 5.91 Å². The van der Waals surface area contributed by atoms with Crippen molar-refractivity contribution in [3.63, 3.8) is 0 Å². The topological polar surface area (TPSA) is 64.4 Å². The van der Waals surface area contributed by atoms with Crippen molar-refractivity contribution in [3.8, 4) is 0 Å². The SMILES string of the molecule is O=C1CCCN1CCCOC(=O)n1ccnc1. The average molecular weight is 237 g/mol. The Hall–Kier alpha value is -1.85. The van der Waals surface area contributed by atoms with Gasteiger partial charge in [0.1, 0.15) is 6.33 Å². The smallest absolute Gasteiger partial charge is 0.419 e. The van der Waals surface area contributed by atoms with Crippen LogP contribution in [0.2, 0.25) is 0 Å². The highest BCUT2D eigenvalue weighted by Gasteiger charge is 2.19. The monoisotopic (exact) mass is 237 g/mol. The Morgan fingerprint density at radius 3 is 3.06 bits per heavy atom. The number of ether oxygens (including phenoxy) is 1. The van der Waals surface area contributed by atoms with Crippen LogP contribution in [0.4, 0.5) is 4.79 Å². The highest BCUT2D eigenvalue weighted by Crippen LogP contribution is 2.09. The highest BCUT2D eigenvalue weighted by molar-refractivity contribution is 5.78. The van der Waals surface area contributed by atoms with E-state index in [2.05, 4.69) is 4.98 Å². The van der Waals surface area contributed by atoms with E-state index < -0.39 is 6.09 Å². The fourth-order valence-electron chi connectivity index (χ4n) is 1.80. The number of aromatic nitrogens is 2. The van der Waals surface area contributed by atoms with Crippen molar-refractivity contribution in [2.24, 2.45) is 0 Å². The van der Waals surface area contributed by atoms with Gasteiger partial charge in [-0.2, -0.15) is 0 Å². The standard InChI is InChI=1S/C11H15N3O3/c15-10-3-1-5-13(10)6-2-8-17-11(16)14-7-4-12-9-14/h4,7,9H,1-3,5-6,8H2. The largest absolute Gasteiger partial charge is 0.449 e. The maximum atomic E-state index is 11.4. The van der Waals surface area contributed by atoms with Crippen LogP contribution in [0.3, 0.4) is 0 Å². The third-order valence-electron chi connectivity index (χ3n) is 2.68. The molecular formula is C11H15N3O3. The normalized spacial score (nSPS) is 15.3. The molecule has 0 radical (unpaired) electrons. The van der Waals surface area contributed by atoms with Gasteiger partial charge in [0.15, 0.2) is 0 Å². The molecule has 0 aliphatic carbocycles. The van der Waals surface area contributed by atoms with Gasteiger partial charge in [-0.15, -0.1) is 0 Å². The summed E-state index contributed by atoms with van der Waals surface area (Å²) in [6, 6.07) is 0. The third kappa shape index (κ3) is 3.05. The Morgan fingerprint density at radius 2 is 2.41 bits per heavy atom. The molecule has 0 saturated carbocycles. The van der Waals surface area contributed by atoms with E-state index in [4.69, 9.17) is 4.74 Å². The maximum absolute atomic E-state index is 11.4. The molecule has 1 aromatic heterocycles. The summed E-state index contributed by atoms with van der Waals surface area (Å²) in [6.07, 6.45) is 6.27. The molecule has 6 heteroatoms. The fourth-order valence-corrected chi connectivity index (χ4v) is 1.80. The number of likely N-dealkylation sites (tertiary alicyclic amines) is 1. The van der Waals surface area contributed by atoms with Gasteiger partial charge in [0, 0.05) is 31.9 Å². The lowest BCUT2D eigenvalue weighted by molar-refractivity contribution is -0.127. The Bertz CT molecular complexity index is 389. The molecule has 0 unspecified atom stereocenters. The Morgan fingerprint density at radius 1 is 1.53 bits per heavy atom. The number of amides is 1. The summed E-state index contributed by atoms with van der Waals surface area (Å²) in [5, 5.41) is 0. The molecule has 1 aromatic rings. The van der Waals surface area contributed by atoms with E-state index in [1.54, 1.807) is 0 Å². The molecule has 0 bridgehead atoms. The molecule has 0 atom stereocenters. The molecule has 1 fully saturated rings. The number of carbonyl (C=O) groups is 2. The van der Waals surface area contributed by atoms with Crippen LogP contribution in [0, 0.1) is 0 Å². The van der Waals surface area contributed by atoms with Crippen molar-refractivity contribution in [3.05, 3.63) is 18.7 Å². The summed E-state index contributed by atoms with van der Waals surface area (Å²) >= 11 is 0. The molecule has 0 spiro atoms. The highest BCUT2D eigenvalue weighted by atomic mass is 16.5. The summed E-state index contributed by atoms with van der Waals surface area (Å²) in [5.41, 5.74) is 0. The minimum absolute atomic E-state index is 0.200. The summed E-state index contributed by atoms with van der Waals surface area (Å²) in [4.78, 5) is 28.2. The molecule has 2 rings (SSSR count). The first-order chi connectivity index (χ1) is 8.27. The first kappa shape index (κ1) is 11.6. The van der Waals surface area contributed by atoms with Crippen LogP contribution in [0.15, 0.2) is 18.7 Å². The van der Waals surface area contributed by atoms with Crippen LogP contribution < -0.4 is 0 Å². The van der Waals surface area contributed by atoms with Crippen LogP contribution >= 0.6 is 0 Å². The molecular weight excluding hydrogens is 222 g/mol. The van der Waals surface area contributed by atoms with Gasteiger partial charge in [0.25, 0.3) is 0 Å². The first-order valence-corrected chi connectivity index (χ1v) is 5.70. The first-order valence-electron chi connectivity index (χ1n) is 5.70. The van der Waals surface area contributed by atoms with E-state index in [9.17, 15) is 9.59 Å². The molecule has 1 amide bonds. The van der Waals surface area contributed by atoms with Gasteiger partial charge < -0.3 is 9.64 Å². The van der Waals surface area contributed by atoms with Crippen molar-refractivity contribution >= 4 is 12.0 Å². The lowest BCUT2D eigenvalue weighted by atomic mass is 10.4. The minimum Gasteiger partial charge on any atom is -0.449 e. The molecule has 6 nitrogen and oxygen atoms in total. The second-order valence-electron chi connectivity index (χ2n) is 3.92. The van der Waals surface area contributed by atoms with Gasteiger partial charge in [-0.25, -0.2) is 14.3 Å². The quantitative estimate of drug-likeness (QED) is 0.729. The summed E-state index contributed by atoms with van der Waals surface area (Å²) in [7, 11) is 0. The van der Waals surface area contributed by atoms with E-state index >= 15 is 0 Å². The van der Waals surface area contributed by atoms with E-state index in [1.165, 1.54) is 23.3 Å². The summed E-state index contributed by atoms with van der Waals surface area (Å²) in [6.45, 7) is 1.81. The second kappa shape index (κ2) is 5.47. The van der Waals surface area contributed by atoms with Crippen molar-refractivity contribution in [1.82, 2.24) is 14.5 Å². The van der Waals surface area contributed by atoms with E-state index in [0.717, 1.165) is 13.0 Å². The van der Waals surface area contributed by atoms with Crippen LogP contribution in [-0.4, -0.2) is 46.1 Å². The average Bonchev–Trinajstić information content (AvgIpc) is 2.96. The van der Waals surface area contributed by atoms with Gasteiger partial charge in [-0.1, -0.05) is 0 Å². The second-order valence-corrected chi connectivity index (χ2v) is 3.92. The Labute approximate surface area is 99.2 Å². The van der Waals surface area contributed by atoms with Crippen molar-refractivity contribution in [1.29, 1.82) is 0 Å². The van der Waals surface area contributed by atoms with Crippen molar-refractivity contribution in [2.75, 3.05) is 19.7 Å². The number of imidazole rings is 1. The fraction of sp³-hybridized carbons (Fsp3) is 0.545. The zero-order valence-corrected chi connectivity index (χ0v) is 9.54. The van der Waals surface area contributed by atoms with Gasteiger partial charge >= 0.3 is 6.09 Å². The number of hydrogen-bond donors (Lipinski definition) is 0. The lowest BCUT2D eigenvalue weighted by Gasteiger charge is -2.14. The zero-order valence-electron chi connectivity index (χ0n) is 9.54. The molecule has 1 aliphatic rings. The van der Waals surface area contributed by atoms with Crippen LogP contribution in [0.25, 0.3) is 0 Å². The molecule has 17 heavy (non-hydrogen) atoms. The van der Waals surface area contributed by atoms with Crippen molar-refractivity contribution < 1.29 is 14.3 Å². The van der Waals surface area contributed by atoms with Gasteiger partial charge in [0.2, 0.25) is 5.91 Å². The molecule has 2 heterocycles. The number of hydrogen-bond acceptors (Lipinski definition) is 4. The zero-order chi connectivity index (χ0) is 12.1. The predicted octanol–water partition coefficient (Wildman–Crippen LogP) is 0.880. The number of nitrogens with zero attached hydrogens (tertiary/aromatic N) is 3. The van der Waals surface area contributed by atoms with Crippen LogP contribution in [0.5, 0.6) is 0 Å². The number of rotatable bonds is 4.